The number of aliphatic hydroxyl groups excluding tert-OH is 1. The summed E-state index contributed by atoms with van der Waals surface area (Å²) in [6, 6.07) is 3.19. The molecule has 1 N–H and O–H groups in total. The summed E-state index contributed by atoms with van der Waals surface area (Å²) < 4.78 is 25.8. The number of hydrogen-bond acceptors (Lipinski definition) is 3. The second-order valence-electron chi connectivity index (χ2n) is 5.66. The van der Waals surface area contributed by atoms with Crippen LogP contribution >= 0.6 is 0 Å². The molecule has 20 heavy (non-hydrogen) atoms. The molecule has 0 atom stereocenters. The number of rotatable bonds is 2. The van der Waals surface area contributed by atoms with Gasteiger partial charge in [0.05, 0.1) is 11.3 Å². The zero-order valence-corrected chi connectivity index (χ0v) is 11.3. The number of hydrogen-bond donors (Lipinski definition) is 1. The molecule has 0 aliphatic heterocycles. The van der Waals surface area contributed by atoms with Crippen LogP contribution in [0.1, 0.15) is 26.7 Å². The van der Waals surface area contributed by atoms with Gasteiger partial charge in [-0.2, -0.15) is 0 Å². The Balaban J connectivity index is 2.26. The number of benzene rings is 1. The number of carbonyl (C=O) groups excluding carboxylic acids is 1. The molecule has 106 valence electrons. The molecule has 0 saturated carbocycles. The first kappa shape index (κ1) is 14.4. The van der Waals surface area contributed by atoms with Gasteiger partial charge in [0, 0.05) is 25.1 Å². The second kappa shape index (κ2) is 5.15. The number of aliphatic hydroxyl groups is 1. The minimum Gasteiger partial charge on any atom is -0.511 e. The molecule has 0 aromatic heterocycles. The van der Waals surface area contributed by atoms with Crippen molar-refractivity contribution in [2.75, 3.05) is 0 Å². The van der Waals surface area contributed by atoms with E-state index in [1.807, 2.05) is 13.8 Å². The van der Waals surface area contributed by atoms with Gasteiger partial charge < -0.3 is 5.11 Å². The largest absolute Gasteiger partial charge is 0.511 e. The first-order chi connectivity index (χ1) is 9.28. The third kappa shape index (κ3) is 3.10. The fourth-order valence-electron chi connectivity index (χ4n) is 2.15. The maximum absolute atomic E-state index is 13.0. The molecular formula is C15H15F2NO2. The van der Waals surface area contributed by atoms with Gasteiger partial charge in [0.15, 0.2) is 17.4 Å². The van der Waals surface area contributed by atoms with Crippen LogP contribution < -0.4 is 0 Å². The van der Waals surface area contributed by atoms with Gasteiger partial charge in [-0.1, -0.05) is 13.8 Å². The topological polar surface area (TPSA) is 49.7 Å². The van der Waals surface area contributed by atoms with Crippen molar-refractivity contribution in [1.29, 1.82) is 0 Å². The summed E-state index contributed by atoms with van der Waals surface area (Å²) >= 11 is 0. The van der Waals surface area contributed by atoms with E-state index in [4.69, 9.17) is 0 Å². The predicted octanol–water partition coefficient (Wildman–Crippen LogP) is 3.87. The maximum atomic E-state index is 13.0. The number of halogens is 2. The second-order valence-corrected chi connectivity index (χ2v) is 5.66. The van der Waals surface area contributed by atoms with Crippen LogP contribution in [0.2, 0.25) is 0 Å². The molecule has 1 aromatic rings. The summed E-state index contributed by atoms with van der Waals surface area (Å²) in [5.74, 6) is -2.18. The van der Waals surface area contributed by atoms with Gasteiger partial charge in [-0.3, -0.25) is 9.79 Å². The van der Waals surface area contributed by atoms with E-state index in [0.717, 1.165) is 12.1 Å². The highest BCUT2D eigenvalue weighted by Gasteiger charge is 2.32. The van der Waals surface area contributed by atoms with Crippen LogP contribution in [0, 0.1) is 17.0 Å². The Kier molecular flexibility index (Phi) is 3.70. The van der Waals surface area contributed by atoms with Crippen molar-refractivity contribution in [3.8, 4) is 0 Å². The molecule has 1 aliphatic carbocycles. The summed E-state index contributed by atoms with van der Waals surface area (Å²) in [6.07, 6.45) is 1.91. The van der Waals surface area contributed by atoms with Crippen molar-refractivity contribution in [3.05, 3.63) is 41.2 Å². The Bertz CT molecular complexity index is 618. The van der Waals surface area contributed by atoms with Crippen molar-refractivity contribution in [3.63, 3.8) is 0 Å². The standard InChI is InChI=1S/C15H15F2NO2/c1-15(2)6-13(19)10(14(20)7-15)8-18-9-3-4-11(16)12(17)5-9/h3-5,8,19H,6-7H2,1-2H3. The first-order valence-electron chi connectivity index (χ1n) is 6.23. The third-order valence-corrected chi connectivity index (χ3v) is 3.14. The molecule has 0 saturated heterocycles. The number of carbonyl (C=O) groups is 1. The highest BCUT2D eigenvalue weighted by molar-refractivity contribution is 6.14. The highest BCUT2D eigenvalue weighted by atomic mass is 19.2. The molecule has 1 aliphatic rings. The van der Waals surface area contributed by atoms with Crippen molar-refractivity contribution in [2.45, 2.75) is 26.7 Å². The van der Waals surface area contributed by atoms with Crippen LogP contribution in [0.25, 0.3) is 0 Å². The van der Waals surface area contributed by atoms with Crippen molar-refractivity contribution >= 4 is 17.7 Å². The monoisotopic (exact) mass is 279 g/mol. The van der Waals surface area contributed by atoms with Crippen molar-refractivity contribution < 1.29 is 18.7 Å². The molecule has 0 amide bonds. The van der Waals surface area contributed by atoms with Gasteiger partial charge in [-0.15, -0.1) is 0 Å². The van der Waals surface area contributed by atoms with E-state index in [1.54, 1.807) is 0 Å². The Labute approximate surface area is 115 Å². The minimum atomic E-state index is -1.01. The smallest absolute Gasteiger partial charge is 0.168 e. The number of allylic oxidation sites excluding steroid dienone is 2. The summed E-state index contributed by atoms with van der Waals surface area (Å²) in [4.78, 5) is 15.8. The molecule has 2 rings (SSSR count). The van der Waals surface area contributed by atoms with Crippen LogP contribution in [0.5, 0.6) is 0 Å². The van der Waals surface area contributed by atoms with Gasteiger partial charge >= 0.3 is 0 Å². The van der Waals surface area contributed by atoms with Gasteiger partial charge in [0.2, 0.25) is 0 Å². The van der Waals surface area contributed by atoms with E-state index >= 15 is 0 Å². The molecule has 0 bridgehead atoms. The fourth-order valence-corrected chi connectivity index (χ4v) is 2.15. The average molecular weight is 279 g/mol. The van der Waals surface area contributed by atoms with E-state index in [-0.39, 0.29) is 28.2 Å². The lowest BCUT2D eigenvalue weighted by Gasteiger charge is -2.28. The minimum absolute atomic E-state index is 0.0161. The van der Waals surface area contributed by atoms with Gasteiger partial charge in [-0.25, -0.2) is 8.78 Å². The highest BCUT2D eigenvalue weighted by Crippen LogP contribution is 2.35. The van der Waals surface area contributed by atoms with Crippen LogP contribution in [-0.2, 0) is 4.79 Å². The maximum Gasteiger partial charge on any atom is 0.168 e. The van der Waals surface area contributed by atoms with Gasteiger partial charge in [0.1, 0.15) is 5.76 Å². The normalized spacial score (nSPS) is 18.9. The van der Waals surface area contributed by atoms with E-state index < -0.39 is 11.6 Å². The fraction of sp³-hybridized carbons (Fsp3) is 0.333. The zero-order valence-electron chi connectivity index (χ0n) is 11.3. The average Bonchev–Trinajstić information content (AvgIpc) is 2.31. The molecule has 0 spiro atoms. The molecule has 3 nitrogen and oxygen atoms in total. The quantitative estimate of drug-likeness (QED) is 0.835. The predicted molar refractivity (Wildman–Crippen MR) is 72.2 cm³/mol. The summed E-state index contributed by atoms with van der Waals surface area (Å²) in [7, 11) is 0. The summed E-state index contributed by atoms with van der Waals surface area (Å²) in [5.41, 5.74) is 0.0383. The molecule has 1 aromatic carbocycles. The molecule has 0 radical (unpaired) electrons. The Hall–Kier alpha value is -2.04. The lowest BCUT2D eigenvalue weighted by molar-refractivity contribution is -0.117. The molecule has 5 heteroatoms. The summed E-state index contributed by atoms with van der Waals surface area (Å²) in [6.45, 7) is 3.79. The van der Waals surface area contributed by atoms with Crippen LogP contribution in [-0.4, -0.2) is 17.1 Å². The van der Waals surface area contributed by atoms with E-state index in [0.29, 0.717) is 12.8 Å². The van der Waals surface area contributed by atoms with Crippen LogP contribution in [0.4, 0.5) is 14.5 Å². The zero-order chi connectivity index (χ0) is 14.9. The Morgan fingerprint density at radius 1 is 1.25 bits per heavy atom. The van der Waals surface area contributed by atoms with Gasteiger partial charge in [0.25, 0.3) is 0 Å². The molecule has 0 unspecified atom stereocenters. The lowest BCUT2D eigenvalue weighted by atomic mass is 9.77. The molecular weight excluding hydrogens is 264 g/mol. The Morgan fingerprint density at radius 2 is 1.95 bits per heavy atom. The number of aliphatic imine (C=N–C) groups is 1. The van der Waals surface area contributed by atoms with Crippen LogP contribution in [0.3, 0.4) is 0 Å². The van der Waals surface area contributed by atoms with Crippen LogP contribution in [0.15, 0.2) is 34.5 Å². The third-order valence-electron chi connectivity index (χ3n) is 3.14. The number of ketones is 1. The molecule has 0 heterocycles. The van der Waals surface area contributed by atoms with Crippen molar-refractivity contribution in [2.24, 2.45) is 10.4 Å². The van der Waals surface area contributed by atoms with E-state index in [1.165, 1.54) is 12.3 Å². The summed E-state index contributed by atoms with van der Waals surface area (Å²) in [5, 5.41) is 9.89. The molecule has 0 fully saturated rings. The first-order valence-corrected chi connectivity index (χ1v) is 6.23. The number of nitrogens with zero attached hydrogens (tertiary/aromatic N) is 1. The Morgan fingerprint density at radius 3 is 2.55 bits per heavy atom. The lowest BCUT2D eigenvalue weighted by Crippen LogP contribution is -2.26. The SMILES string of the molecule is CC1(C)CC(=O)C(C=Nc2ccc(F)c(F)c2)=C(O)C1. The van der Waals surface area contributed by atoms with Crippen molar-refractivity contribution in [1.82, 2.24) is 0 Å². The van der Waals surface area contributed by atoms with E-state index in [9.17, 15) is 18.7 Å². The van der Waals surface area contributed by atoms with E-state index in [2.05, 4.69) is 4.99 Å². The number of Topliss-reactive ketones (excluding diaryl/α,β-unsaturated/α-hetero) is 1. The van der Waals surface area contributed by atoms with Gasteiger partial charge in [-0.05, 0) is 17.5 Å².